The highest BCUT2D eigenvalue weighted by molar-refractivity contribution is 8.18. The fraction of sp³-hybridized carbons (Fsp3) is 0.450. The number of imide groups is 1. The van der Waals surface area contributed by atoms with Crippen molar-refractivity contribution in [1.29, 1.82) is 0 Å². The van der Waals surface area contributed by atoms with Crippen molar-refractivity contribution in [2.24, 2.45) is 0 Å². The topological polar surface area (TPSA) is 130 Å². The lowest BCUT2D eigenvalue weighted by atomic mass is 10.1. The molecular weight excluding hydrogens is 426 g/mol. The molecule has 0 saturated carbocycles. The molecule has 1 N–H and O–H groups in total. The predicted molar refractivity (Wildman–Crippen MR) is 114 cm³/mol. The zero-order valence-corrected chi connectivity index (χ0v) is 17.9. The number of phenolic OH excluding ortho intramolecular Hbond substituents is 1. The number of hydrogen-bond donors (Lipinski definition) is 1. The Balaban J connectivity index is 1.83. The number of nitro groups is 1. The van der Waals surface area contributed by atoms with Crippen molar-refractivity contribution < 1.29 is 29.2 Å². The number of nitro benzene ring substituents is 1. The van der Waals surface area contributed by atoms with E-state index in [9.17, 15) is 29.6 Å². The van der Waals surface area contributed by atoms with Gasteiger partial charge in [-0.3, -0.25) is 29.4 Å². The number of nitrogens with zero attached hydrogens (tertiary/aromatic N) is 3. The lowest BCUT2D eigenvalue weighted by Gasteiger charge is -2.22. The van der Waals surface area contributed by atoms with E-state index in [1.54, 1.807) is 11.8 Å². The average Bonchev–Trinajstić information content (AvgIpc) is 2.93. The molecule has 0 spiro atoms. The summed E-state index contributed by atoms with van der Waals surface area (Å²) < 4.78 is 5.23. The highest BCUT2D eigenvalue weighted by Crippen LogP contribution is 2.39. The van der Waals surface area contributed by atoms with E-state index in [-0.39, 0.29) is 46.7 Å². The molecule has 166 valence electrons. The fourth-order valence-corrected chi connectivity index (χ4v) is 4.26. The molecule has 0 unspecified atom stereocenters. The summed E-state index contributed by atoms with van der Waals surface area (Å²) in [6.45, 7) is 2.68. The van der Waals surface area contributed by atoms with Crippen LogP contribution < -0.4 is 4.74 Å². The number of non-ortho nitro benzene ring substituents is 1. The maximum Gasteiger partial charge on any atom is 0.294 e. The second kappa shape index (κ2) is 9.82. The Hall–Kier alpha value is -3.08. The van der Waals surface area contributed by atoms with Crippen LogP contribution in [-0.2, 0) is 9.59 Å². The number of amides is 3. The first-order valence-corrected chi connectivity index (χ1v) is 10.8. The van der Waals surface area contributed by atoms with Gasteiger partial charge in [0, 0.05) is 24.7 Å². The van der Waals surface area contributed by atoms with E-state index in [0.717, 1.165) is 42.7 Å². The van der Waals surface area contributed by atoms with Crippen molar-refractivity contribution in [3.8, 4) is 11.5 Å². The molecule has 0 bridgehead atoms. The van der Waals surface area contributed by atoms with Crippen LogP contribution in [0, 0.1) is 10.1 Å². The Bertz CT molecular complexity index is 939. The molecule has 0 atom stereocenters. The van der Waals surface area contributed by atoms with Gasteiger partial charge >= 0.3 is 0 Å². The second-order valence-electron chi connectivity index (χ2n) is 7.13. The smallest absolute Gasteiger partial charge is 0.294 e. The Morgan fingerprint density at radius 3 is 2.55 bits per heavy atom. The van der Waals surface area contributed by atoms with Crippen molar-refractivity contribution in [2.75, 3.05) is 26.2 Å². The SMILES string of the molecule is CCOc1cc([N+](=O)[O-])cc(C=C2SC(=O)N(CC(=O)N3CCCCCC3)C2=O)c1O. The van der Waals surface area contributed by atoms with Crippen molar-refractivity contribution in [2.45, 2.75) is 32.6 Å². The molecule has 31 heavy (non-hydrogen) atoms. The number of aromatic hydroxyl groups is 1. The summed E-state index contributed by atoms with van der Waals surface area (Å²) in [6.07, 6.45) is 5.07. The molecule has 0 aliphatic carbocycles. The normalized spacial score (nSPS) is 18.4. The Kier molecular flexibility index (Phi) is 7.16. The molecule has 1 aromatic rings. The number of thioether (sulfide) groups is 1. The Morgan fingerprint density at radius 1 is 1.26 bits per heavy atom. The zero-order chi connectivity index (χ0) is 22.5. The van der Waals surface area contributed by atoms with Gasteiger partial charge in [-0.15, -0.1) is 0 Å². The third-order valence-electron chi connectivity index (χ3n) is 5.01. The zero-order valence-electron chi connectivity index (χ0n) is 17.0. The van der Waals surface area contributed by atoms with Crippen LogP contribution in [0.4, 0.5) is 10.5 Å². The molecule has 0 aromatic heterocycles. The lowest BCUT2D eigenvalue weighted by Crippen LogP contribution is -2.42. The van der Waals surface area contributed by atoms with E-state index in [2.05, 4.69) is 0 Å². The number of ether oxygens (including phenoxy) is 1. The van der Waals surface area contributed by atoms with Gasteiger partial charge in [0.1, 0.15) is 6.54 Å². The monoisotopic (exact) mass is 449 g/mol. The highest BCUT2D eigenvalue weighted by Gasteiger charge is 2.37. The van der Waals surface area contributed by atoms with E-state index in [1.165, 1.54) is 6.08 Å². The molecule has 2 saturated heterocycles. The summed E-state index contributed by atoms with van der Waals surface area (Å²) in [5.74, 6) is -1.44. The number of benzene rings is 1. The molecule has 0 radical (unpaired) electrons. The summed E-state index contributed by atoms with van der Waals surface area (Å²) in [4.78, 5) is 50.7. The van der Waals surface area contributed by atoms with Gasteiger partial charge in [0.05, 0.1) is 22.5 Å². The molecule has 11 heteroatoms. The lowest BCUT2D eigenvalue weighted by molar-refractivity contribution is -0.385. The quantitative estimate of drug-likeness (QED) is 0.398. The van der Waals surface area contributed by atoms with Gasteiger partial charge in [0.15, 0.2) is 11.5 Å². The van der Waals surface area contributed by atoms with Gasteiger partial charge in [-0.05, 0) is 37.6 Å². The summed E-state index contributed by atoms with van der Waals surface area (Å²) in [6, 6.07) is 2.18. The summed E-state index contributed by atoms with van der Waals surface area (Å²) in [5.41, 5.74) is -0.356. The first kappa shape index (κ1) is 22.6. The van der Waals surface area contributed by atoms with Crippen LogP contribution in [0.25, 0.3) is 6.08 Å². The van der Waals surface area contributed by atoms with Gasteiger partial charge in [-0.2, -0.15) is 0 Å². The largest absolute Gasteiger partial charge is 0.504 e. The maximum absolute atomic E-state index is 12.7. The van der Waals surface area contributed by atoms with E-state index >= 15 is 0 Å². The minimum atomic E-state index is -0.679. The van der Waals surface area contributed by atoms with Crippen LogP contribution in [0.3, 0.4) is 0 Å². The number of carbonyl (C=O) groups is 3. The van der Waals surface area contributed by atoms with E-state index in [1.807, 2.05) is 0 Å². The van der Waals surface area contributed by atoms with E-state index < -0.39 is 16.1 Å². The van der Waals surface area contributed by atoms with Crippen LogP contribution in [0.5, 0.6) is 11.5 Å². The Morgan fingerprint density at radius 2 is 1.94 bits per heavy atom. The molecule has 2 fully saturated rings. The first-order chi connectivity index (χ1) is 14.8. The van der Waals surface area contributed by atoms with Crippen molar-refractivity contribution >= 4 is 40.6 Å². The number of phenols is 1. The molecule has 2 aliphatic rings. The number of likely N-dealkylation sites (tertiary alicyclic amines) is 1. The molecular formula is C20H23N3O7S. The standard InChI is InChI=1S/C20H23N3O7S/c1-2-30-15-11-14(23(28)29)9-13(18(15)25)10-16-19(26)22(20(27)31-16)12-17(24)21-7-5-3-4-6-8-21/h9-11,25H,2-8,12H2,1H3. The fourth-order valence-electron chi connectivity index (χ4n) is 3.43. The van der Waals surface area contributed by atoms with Gasteiger partial charge in [-0.1, -0.05) is 12.8 Å². The van der Waals surface area contributed by atoms with Gasteiger partial charge < -0.3 is 14.7 Å². The van der Waals surface area contributed by atoms with E-state index in [0.29, 0.717) is 24.9 Å². The summed E-state index contributed by atoms with van der Waals surface area (Å²) >= 11 is 0.618. The van der Waals surface area contributed by atoms with Crippen LogP contribution in [0.1, 0.15) is 38.2 Å². The maximum atomic E-state index is 12.7. The van der Waals surface area contributed by atoms with Gasteiger partial charge in [0.25, 0.3) is 16.8 Å². The first-order valence-electron chi connectivity index (χ1n) is 9.99. The molecule has 3 amide bonds. The minimum absolute atomic E-state index is 0.0259. The molecule has 2 heterocycles. The molecule has 10 nitrogen and oxygen atoms in total. The number of hydrogen-bond acceptors (Lipinski definition) is 8. The molecule has 2 aliphatic heterocycles. The predicted octanol–water partition coefficient (Wildman–Crippen LogP) is 3.14. The minimum Gasteiger partial charge on any atom is -0.504 e. The Labute approximate surface area is 183 Å². The van der Waals surface area contributed by atoms with Crippen LogP contribution in [0.2, 0.25) is 0 Å². The average molecular weight is 449 g/mol. The molecule has 1 aromatic carbocycles. The second-order valence-corrected chi connectivity index (χ2v) is 8.13. The third-order valence-corrected chi connectivity index (χ3v) is 5.92. The van der Waals surface area contributed by atoms with Crippen LogP contribution >= 0.6 is 11.8 Å². The third kappa shape index (κ3) is 5.16. The van der Waals surface area contributed by atoms with E-state index in [4.69, 9.17) is 4.74 Å². The number of carbonyl (C=O) groups excluding carboxylic acids is 3. The van der Waals surface area contributed by atoms with Crippen molar-refractivity contribution in [1.82, 2.24) is 9.80 Å². The van der Waals surface area contributed by atoms with Gasteiger partial charge in [-0.25, -0.2) is 0 Å². The van der Waals surface area contributed by atoms with Crippen molar-refractivity contribution in [3.63, 3.8) is 0 Å². The van der Waals surface area contributed by atoms with Gasteiger partial charge in [0.2, 0.25) is 5.91 Å². The number of rotatable bonds is 6. The molecule has 3 rings (SSSR count). The summed E-state index contributed by atoms with van der Waals surface area (Å²) in [7, 11) is 0. The van der Waals surface area contributed by atoms with Crippen LogP contribution in [-0.4, -0.2) is 63.1 Å². The van der Waals surface area contributed by atoms with Crippen molar-refractivity contribution in [3.05, 3.63) is 32.7 Å². The van der Waals surface area contributed by atoms with Crippen LogP contribution in [0.15, 0.2) is 17.0 Å². The summed E-state index contributed by atoms with van der Waals surface area (Å²) in [5, 5.41) is 21.0. The highest BCUT2D eigenvalue weighted by atomic mass is 32.2.